The van der Waals surface area contributed by atoms with E-state index in [2.05, 4.69) is 10.6 Å². The molecule has 0 aliphatic carbocycles. The fraction of sp³-hybridized carbons (Fsp3) is 0.429. The second-order valence-corrected chi connectivity index (χ2v) is 6.07. The Labute approximate surface area is 127 Å². The van der Waals surface area contributed by atoms with Gasteiger partial charge < -0.3 is 14.8 Å². The quantitative estimate of drug-likeness (QED) is 0.876. The highest BCUT2D eigenvalue weighted by Gasteiger charge is 2.27. The Balaban J connectivity index is 2.19. The Kier molecular flexibility index (Phi) is 4.27. The smallest absolute Gasteiger partial charge is 0.412 e. The maximum Gasteiger partial charge on any atom is 0.412 e. The lowest BCUT2D eigenvalue weighted by atomic mass is 10.1. The highest BCUT2D eigenvalue weighted by atomic mass is 35.5. The van der Waals surface area contributed by atoms with Crippen LogP contribution in [0.25, 0.3) is 0 Å². The lowest BCUT2D eigenvalue weighted by Gasteiger charge is -2.21. The third kappa shape index (κ3) is 4.26. The number of halogens is 1. The van der Waals surface area contributed by atoms with E-state index in [9.17, 15) is 9.59 Å². The summed E-state index contributed by atoms with van der Waals surface area (Å²) in [6.07, 6.45) is -1.58. The largest absolute Gasteiger partial charge is 0.444 e. The van der Waals surface area contributed by atoms with E-state index in [1.54, 1.807) is 39.0 Å². The minimum atomic E-state index is -0.599. The van der Waals surface area contributed by atoms with Crippen molar-refractivity contribution in [1.82, 2.24) is 5.32 Å². The van der Waals surface area contributed by atoms with Gasteiger partial charge >= 0.3 is 12.2 Å². The molecule has 1 aromatic carbocycles. The first-order valence-electron chi connectivity index (χ1n) is 6.48. The van der Waals surface area contributed by atoms with Crippen molar-refractivity contribution in [2.45, 2.75) is 32.5 Å². The van der Waals surface area contributed by atoms with Gasteiger partial charge in [-0.15, -0.1) is 0 Å². The lowest BCUT2D eigenvalue weighted by Crippen LogP contribution is -2.27. The molecule has 1 aliphatic rings. The molecule has 1 unspecified atom stereocenters. The summed E-state index contributed by atoms with van der Waals surface area (Å²) in [6.45, 7) is 5.65. The average Bonchev–Trinajstić information content (AvgIpc) is 2.75. The molecule has 6 nitrogen and oxygen atoms in total. The third-order valence-electron chi connectivity index (χ3n) is 2.68. The molecule has 0 spiro atoms. The van der Waals surface area contributed by atoms with Crippen LogP contribution in [0.1, 0.15) is 32.4 Å². The van der Waals surface area contributed by atoms with E-state index < -0.39 is 23.9 Å². The highest BCUT2D eigenvalue weighted by Crippen LogP contribution is 2.31. The minimum absolute atomic E-state index is 0.322. The fourth-order valence-corrected chi connectivity index (χ4v) is 2.07. The Morgan fingerprint density at radius 3 is 2.76 bits per heavy atom. The van der Waals surface area contributed by atoms with Gasteiger partial charge in [0.25, 0.3) is 0 Å². The summed E-state index contributed by atoms with van der Waals surface area (Å²) in [6, 6.07) is 4.94. The van der Waals surface area contributed by atoms with E-state index in [-0.39, 0.29) is 0 Å². The maximum atomic E-state index is 11.9. The predicted molar refractivity (Wildman–Crippen MR) is 78.5 cm³/mol. The molecular formula is C14H17ClN2O4. The van der Waals surface area contributed by atoms with Gasteiger partial charge in [-0.25, -0.2) is 9.59 Å². The predicted octanol–water partition coefficient (Wildman–Crippen LogP) is 3.47. The van der Waals surface area contributed by atoms with Crippen LogP contribution in [0.5, 0.6) is 0 Å². The topological polar surface area (TPSA) is 76.7 Å². The number of alkyl carbamates (subject to hydrolysis) is 1. The monoisotopic (exact) mass is 312 g/mol. The van der Waals surface area contributed by atoms with Crippen LogP contribution >= 0.6 is 11.6 Å². The SMILES string of the molecule is CC(C)(C)OC(=O)Nc1ccc(Cl)cc1C1CNC(=O)O1. The summed E-state index contributed by atoms with van der Waals surface area (Å²) in [5.41, 5.74) is 0.514. The van der Waals surface area contributed by atoms with Gasteiger partial charge in [0.05, 0.1) is 12.2 Å². The zero-order valence-electron chi connectivity index (χ0n) is 12.0. The summed E-state index contributed by atoms with van der Waals surface area (Å²) in [7, 11) is 0. The molecule has 0 aromatic heterocycles. The van der Waals surface area contributed by atoms with Crippen molar-refractivity contribution in [1.29, 1.82) is 0 Å². The van der Waals surface area contributed by atoms with Crippen LogP contribution in [0.15, 0.2) is 18.2 Å². The molecule has 0 radical (unpaired) electrons. The average molecular weight is 313 g/mol. The number of amides is 2. The van der Waals surface area contributed by atoms with E-state index in [0.29, 0.717) is 22.8 Å². The van der Waals surface area contributed by atoms with E-state index in [1.807, 2.05) is 0 Å². The van der Waals surface area contributed by atoms with Gasteiger partial charge in [0, 0.05) is 10.6 Å². The van der Waals surface area contributed by atoms with Crippen molar-refractivity contribution >= 4 is 29.5 Å². The number of cyclic esters (lactones) is 1. The summed E-state index contributed by atoms with van der Waals surface area (Å²) < 4.78 is 10.3. The van der Waals surface area contributed by atoms with Crippen LogP contribution in [0.4, 0.5) is 15.3 Å². The number of hydrogen-bond donors (Lipinski definition) is 2. The van der Waals surface area contributed by atoms with Gasteiger partial charge in [-0.2, -0.15) is 0 Å². The molecule has 7 heteroatoms. The number of rotatable bonds is 2. The maximum absolute atomic E-state index is 11.9. The molecule has 0 bridgehead atoms. The van der Waals surface area contributed by atoms with Gasteiger partial charge in [-0.3, -0.25) is 5.32 Å². The fourth-order valence-electron chi connectivity index (χ4n) is 1.89. The van der Waals surface area contributed by atoms with E-state index in [0.717, 1.165) is 0 Å². The van der Waals surface area contributed by atoms with Gasteiger partial charge in [0.2, 0.25) is 0 Å². The molecule has 2 N–H and O–H groups in total. The molecule has 1 saturated heterocycles. The van der Waals surface area contributed by atoms with Crippen molar-refractivity contribution in [3.05, 3.63) is 28.8 Å². The number of nitrogens with one attached hydrogen (secondary N) is 2. The lowest BCUT2D eigenvalue weighted by molar-refractivity contribution is 0.0635. The Morgan fingerprint density at radius 1 is 1.48 bits per heavy atom. The normalized spacial score (nSPS) is 17.9. The van der Waals surface area contributed by atoms with Crippen LogP contribution in [0.3, 0.4) is 0 Å². The number of anilines is 1. The number of carbonyl (C=O) groups excluding carboxylic acids is 2. The first-order chi connectivity index (χ1) is 9.74. The van der Waals surface area contributed by atoms with Crippen molar-refractivity contribution in [2.75, 3.05) is 11.9 Å². The van der Waals surface area contributed by atoms with Gasteiger partial charge in [0.15, 0.2) is 0 Å². The first kappa shape index (κ1) is 15.4. The Hall–Kier alpha value is -1.95. The van der Waals surface area contributed by atoms with Gasteiger partial charge in [0.1, 0.15) is 11.7 Å². The number of benzene rings is 1. The number of carbonyl (C=O) groups is 2. The van der Waals surface area contributed by atoms with Crippen LogP contribution in [-0.4, -0.2) is 24.3 Å². The second-order valence-electron chi connectivity index (χ2n) is 5.63. The summed E-state index contributed by atoms with van der Waals surface area (Å²) in [5, 5.41) is 5.69. The standard InChI is InChI=1S/C14H17ClN2O4/c1-14(2,3)21-13(19)17-10-5-4-8(15)6-9(10)11-7-16-12(18)20-11/h4-6,11H,7H2,1-3H3,(H,16,18)(H,17,19). The van der Waals surface area contributed by atoms with E-state index in [4.69, 9.17) is 21.1 Å². The van der Waals surface area contributed by atoms with Crippen molar-refractivity contribution in [3.8, 4) is 0 Å². The van der Waals surface area contributed by atoms with Gasteiger partial charge in [-0.1, -0.05) is 11.6 Å². The van der Waals surface area contributed by atoms with Crippen LogP contribution in [0.2, 0.25) is 5.02 Å². The molecule has 2 rings (SSSR count). The van der Waals surface area contributed by atoms with E-state index in [1.165, 1.54) is 0 Å². The molecule has 0 saturated carbocycles. The second kappa shape index (κ2) is 5.81. The van der Waals surface area contributed by atoms with Crippen LogP contribution in [0, 0.1) is 0 Å². The molecule has 114 valence electrons. The van der Waals surface area contributed by atoms with Crippen LogP contribution in [-0.2, 0) is 9.47 Å². The number of hydrogen-bond acceptors (Lipinski definition) is 4. The van der Waals surface area contributed by atoms with Crippen molar-refractivity contribution in [3.63, 3.8) is 0 Å². The van der Waals surface area contributed by atoms with E-state index >= 15 is 0 Å². The van der Waals surface area contributed by atoms with Crippen molar-refractivity contribution in [2.24, 2.45) is 0 Å². The third-order valence-corrected chi connectivity index (χ3v) is 2.91. The van der Waals surface area contributed by atoms with Gasteiger partial charge in [-0.05, 0) is 39.0 Å². The molecule has 1 aliphatic heterocycles. The molecular weight excluding hydrogens is 296 g/mol. The van der Waals surface area contributed by atoms with Crippen LogP contribution < -0.4 is 10.6 Å². The zero-order chi connectivity index (χ0) is 15.6. The summed E-state index contributed by atoms with van der Waals surface area (Å²) >= 11 is 5.97. The van der Waals surface area contributed by atoms with Crippen molar-refractivity contribution < 1.29 is 19.1 Å². The first-order valence-corrected chi connectivity index (χ1v) is 6.86. The molecule has 2 amide bonds. The minimum Gasteiger partial charge on any atom is -0.444 e. The zero-order valence-corrected chi connectivity index (χ0v) is 12.8. The Morgan fingerprint density at radius 2 is 2.19 bits per heavy atom. The summed E-state index contributed by atoms with van der Waals surface area (Å²) in [4.78, 5) is 23.0. The highest BCUT2D eigenvalue weighted by molar-refractivity contribution is 6.30. The molecule has 21 heavy (non-hydrogen) atoms. The Bertz CT molecular complexity index is 569. The molecule has 1 aromatic rings. The molecule has 1 atom stereocenters. The molecule has 1 heterocycles. The molecule has 1 fully saturated rings. The summed E-state index contributed by atoms with van der Waals surface area (Å²) in [5.74, 6) is 0. The number of ether oxygens (including phenoxy) is 2.